The molecule has 1 aliphatic heterocycles. The quantitative estimate of drug-likeness (QED) is 0.648. The van der Waals surface area contributed by atoms with Gasteiger partial charge < -0.3 is 14.9 Å². The number of β-amino-alcohol motifs (C(OH)–C–C–N with tert-alkyl or cyclic N) is 2. The van der Waals surface area contributed by atoms with Gasteiger partial charge in [-0.25, -0.2) is 4.79 Å². The highest BCUT2D eigenvalue weighted by atomic mass is 16.5. The van der Waals surface area contributed by atoms with E-state index in [0.717, 1.165) is 13.0 Å². The Hall–Kier alpha value is -0.650. The zero-order valence-corrected chi connectivity index (χ0v) is 10.1. The van der Waals surface area contributed by atoms with E-state index in [9.17, 15) is 15.0 Å². The van der Waals surface area contributed by atoms with Gasteiger partial charge in [-0.1, -0.05) is 6.92 Å². The van der Waals surface area contributed by atoms with Gasteiger partial charge in [-0.15, -0.1) is 0 Å². The Bertz CT molecular complexity index is 254. The van der Waals surface area contributed by atoms with Gasteiger partial charge in [0.15, 0.2) is 5.60 Å². The number of likely N-dealkylation sites (tertiary alicyclic amines) is 1. The molecule has 3 atom stereocenters. The summed E-state index contributed by atoms with van der Waals surface area (Å²) in [6.07, 6.45) is 0.487. The second-order valence-corrected chi connectivity index (χ2v) is 4.83. The average Bonchev–Trinajstić information content (AvgIpc) is 2.22. The van der Waals surface area contributed by atoms with Gasteiger partial charge in [0, 0.05) is 13.1 Å². The minimum Gasteiger partial charge on any atom is -0.467 e. The van der Waals surface area contributed by atoms with E-state index in [0.29, 0.717) is 6.54 Å². The fourth-order valence-corrected chi connectivity index (χ4v) is 1.98. The zero-order chi connectivity index (χ0) is 12.3. The van der Waals surface area contributed by atoms with E-state index < -0.39 is 11.6 Å². The number of aliphatic hydroxyl groups is 2. The lowest BCUT2D eigenvalue weighted by atomic mass is 9.94. The van der Waals surface area contributed by atoms with Gasteiger partial charge in [0.1, 0.15) is 0 Å². The monoisotopic (exact) mass is 231 g/mol. The van der Waals surface area contributed by atoms with Crippen molar-refractivity contribution in [2.75, 3.05) is 26.7 Å². The van der Waals surface area contributed by atoms with Gasteiger partial charge in [0.05, 0.1) is 13.2 Å². The highest BCUT2D eigenvalue weighted by Gasteiger charge is 2.36. The molecule has 0 radical (unpaired) electrons. The first-order chi connectivity index (χ1) is 7.36. The maximum Gasteiger partial charge on any atom is 0.338 e. The summed E-state index contributed by atoms with van der Waals surface area (Å²) in [4.78, 5) is 13.2. The Morgan fingerprint density at radius 3 is 2.75 bits per heavy atom. The molecular weight excluding hydrogens is 210 g/mol. The van der Waals surface area contributed by atoms with Crippen LogP contribution in [-0.4, -0.2) is 59.5 Å². The van der Waals surface area contributed by atoms with Crippen LogP contribution < -0.4 is 0 Å². The number of hydrogen-bond donors (Lipinski definition) is 2. The first kappa shape index (κ1) is 13.4. The molecule has 0 aliphatic carbocycles. The van der Waals surface area contributed by atoms with Crippen LogP contribution in [0.2, 0.25) is 0 Å². The first-order valence-electron chi connectivity index (χ1n) is 5.58. The summed E-state index contributed by atoms with van der Waals surface area (Å²) >= 11 is 0. The lowest BCUT2D eigenvalue weighted by Gasteiger charge is -2.37. The van der Waals surface area contributed by atoms with Gasteiger partial charge in [0.25, 0.3) is 0 Å². The SMILES string of the molecule is COC(=O)C(C)(O)CN1CCC(C)C(O)C1. The minimum absolute atomic E-state index is 0.198. The molecule has 94 valence electrons. The molecule has 1 heterocycles. The molecule has 0 amide bonds. The van der Waals surface area contributed by atoms with Crippen molar-refractivity contribution < 1.29 is 19.7 Å². The lowest BCUT2D eigenvalue weighted by molar-refractivity contribution is -0.163. The van der Waals surface area contributed by atoms with E-state index >= 15 is 0 Å². The molecule has 0 saturated carbocycles. The molecule has 0 aromatic rings. The molecular formula is C11H21NO4. The number of aliphatic hydroxyl groups excluding tert-OH is 1. The fraction of sp³-hybridized carbons (Fsp3) is 0.909. The van der Waals surface area contributed by atoms with Crippen molar-refractivity contribution in [2.24, 2.45) is 5.92 Å². The highest BCUT2D eigenvalue weighted by Crippen LogP contribution is 2.19. The third kappa shape index (κ3) is 3.17. The number of nitrogens with zero attached hydrogens (tertiary/aromatic N) is 1. The van der Waals surface area contributed by atoms with Crippen LogP contribution in [0.25, 0.3) is 0 Å². The zero-order valence-electron chi connectivity index (χ0n) is 10.1. The van der Waals surface area contributed by atoms with Crippen LogP contribution in [0.1, 0.15) is 20.3 Å². The van der Waals surface area contributed by atoms with Gasteiger partial charge >= 0.3 is 5.97 Å². The summed E-state index contributed by atoms with van der Waals surface area (Å²) in [5.74, 6) is -0.361. The van der Waals surface area contributed by atoms with Crippen molar-refractivity contribution in [2.45, 2.75) is 32.0 Å². The predicted octanol–water partition coefficient (Wildman–Crippen LogP) is -0.387. The third-order valence-corrected chi connectivity index (χ3v) is 3.16. The smallest absolute Gasteiger partial charge is 0.338 e. The standard InChI is InChI=1S/C11H21NO4/c1-8-4-5-12(6-9(8)13)7-11(2,15)10(14)16-3/h8-9,13,15H,4-7H2,1-3H3. The maximum absolute atomic E-state index is 11.3. The van der Waals surface area contributed by atoms with Crippen LogP contribution in [0, 0.1) is 5.92 Å². The molecule has 0 spiro atoms. The second kappa shape index (κ2) is 5.12. The Labute approximate surface area is 96.0 Å². The highest BCUT2D eigenvalue weighted by molar-refractivity contribution is 5.78. The molecule has 2 N–H and O–H groups in total. The summed E-state index contributed by atoms with van der Waals surface area (Å²) in [6, 6.07) is 0. The summed E-state index contributed by atoms with van der Waals surface area (Å²) in [6.45, 7) is 4.91. The molecule has 5 heteroatoms. The Balaban J connectivity index is 2.51. The van der Waals surface area contributed by atoms with E-state index in [4.69, 9.17) is 0 Å². The summed E-state index contributed by atoms with van der Waals surface area (Å²) in [7, 11) is 1.25. The minimum atomic E-state index is -1.50. The Morgan fingerprint density at radius 2 is 2.25 bits per heavy atom. The van der Waals surface area contributed by atoms with Gasteiger partial charge in [-0.3, -0.25) is 4.90 Å². The number of rotatable bonds is 3. The molecule has 1 aliphatic rings. The number of ether oxygens (including phenoxy) is 1. The number of esters is 1. The second-order valence-electron chi connectivity index (χ2n) is 4.83. The molecule has 1 saturated heterocycles. The first-order valence-corrected chi connectivity index (χ1v) is 5.58. The van der Waals surface area contributed by atoms with Crippen LogP contribution in [0.5, 0.6) is 0 Å². The topological polar surface area (TPSA) is 70.0 Å². The molecule has 0 bridgehead atoms. The summed E-state index contributed by atoms with van der Waals surface area (Å²) in [5, 5.41) is 19.6. The number of hydrogen-bond acceptors (Lipinski definition) is 5. The Kier molecular flexibility index (Phi) is 4.29. The van der Waals surface area contributed by atoms with Crippen LogP contribution >= 0.6 is 0 Å². The van der Waals surface area contributed by atoms with Gasteiger partial charge in [-0.05, 0) is 25.8 Å². The van der Waals surface area contributed by atoms with E-state index in [1.54, 1.807) is 0 Å². The largest absolute Gasteiger partial charge is 0.467 e. The van der Waals surface area contributed by atoms with Crippen LogP contribution in [0.3, 0.4) is 0 Å². The molecule has 0 aromatic carbocycles. The van der Waals surface area contributed by atoms with E-state index in [2.05, 4.69) is 4.74 Å². The molecule has 5 nitrogen and oxygen atoms in total. The predicted molar refractivity (Wildman–Crippen MR) is 58.9 cm³/mol. The summed E-state index contributed by atoms with van der Waals surface area (Å²) in [5.41, 5.74) is -1.50. The number of carbonyl (C=O) groups is 1. The molecule has 1 fully saturated rings. The lowest BCUT2D eigenvalue weighted by Crippen LogP contribution is -2.52. The van der Waals surface area contributed by atoms with Crippen LogP contribution in [-0.2, 0) is 9.53 Å². The van der Waals surface area contributed by atoms with Gasteiger partial charge in [-0.2, -0.15) is 0 Å². The van der Waals surface area contributed by atoms with Crippen molar-refractivity contribution in [3.05, 3.63) is 0 Å². The molecule has 16 heavy (non-hydrogen) atoms. The summed E-state index contributed by atoms with van der Waals surface area (Å²) < 4.78 is 4.53. The maximum atomic E-state index is 11.3. The van der Waals surface area contributed by atoms with Crippen molar-refractivity contribution in [1.82, 2.24) is 4.90 Å². The van der Waals surface area contributed by atoms with E-state index in [1.165, 1.54) is 14.0 Å². The molecule has 3 unspecified atom stereocenters. The van der Waals surface area contributed by atoms with Crippen molar-refractivity contribution in [1.29, 1.82) is 0 Å². The normalized spacial score (nSPS) is 30.8. The Morgan fingerprint density at radius 1 is 1.62 bits per heavy atom. The van der Waals surface area contributed by atoms with Crippen molar-refractivity contribution in [3.8, 4) is 0 Å². The van der Waals surface area contributed by atoms with Crippen molar-refractivity contribution >= 4 is 5.97 Å². The fourth-order valence-electron chi connectivity index (χ4n) is 1.98. The average molecular weight is 231 g/mol. The van der Waals surface area contributed by atoms with Crippen LogP contribution in [0.15, 0.2) is 0 Å². The van der Waals surface area contributed by atoms with Crippen LogP contribution in [0.4, 0.5) is 0 Å². The van der Waals surface area contributed by atoms with E-state index in [-0.39, 0.29) is 18.6 Å². The van der Waals surface area contributed by atoms with Gasteiger partial charge in [0.2, 0.25) is 0 Å². The number of carbonyl (C=O) groups excluding carboxylic acids is 1. The molecule has 1 rings (SSSR count). The van der Waals surface area contributed by atoms with Crippen molar-refractivity contribution in [3.63, 3.8) is 0 Å². The number of methoxy groups -OCH3 is 1. The number of piperidine rings is 1. The third-order valence-electron chi connectivity index (χ3n) is 3.16. The molecule has 0 aromatic heterocycles. The van der Waals surface area contributed by atoms with E-state index in [1.807, 2.05) is 11.8 Å².